The lowest BCUT2D eigenvalue weighted by Gasteiger charge is -2.33. The van der Waals surface area contributed by atoms with Gasteiger partial charge in [0.05, 0.1) is 23.3 Å². The normalized spacial score (nSPS) is 22.8. The summed E-state index contributed by atoms with van der Waals surface area (Å²) in [5.41, 5.74) is 5.33. The minimum Gasteiger partial charge on any atom is -0.368 e. The van der Waals surface area contributed by atoms with Crippen LogP contribution in [0.3, 0.4) is 0 Å². The molecule has 21 heavy (non-hydrogen) atoms. The van der Waals surface area contributed by atoms with Crippen molar-refractivity contribution in [3.63, 3.8) is 0 Å². The molecule has 1 heterocycles. The zero-order valence-electron chi connectivity index (χ0n) is 11.5. The molecule has 5 nitrogen and oxygen atoms in total. The van der Waals surface area contributed by atoms with Crippen LogP contribution in [-0.2, 0) is 19.9 Å². The molecule has 0 radical (unpaired) electrons. The van der Waals surface area contributed by atoms with Crippen LogP contribution in [0.15, 0.2) is 18.2 Å². The lowest BCUT2D eigenvalue weighted by atomic mass is 9.91. The van der Waals surface area contributed by atoms with E-state index in [1.807, 2.05) is 6.07 Å². The first-order valence-electron chi connectivity index (χ1n) is 6.70. The van der Waals surface area contributed by atoms with Crippen LogP contribution in [0.1, 0.15) is 12.0 Å². The summed E-state index contributed by atoms with van der Waals surface area (Å²) < 4.78 is 11.4. The van der Waals surface area contributed by atoms with E-state index in [0.29, 0.717) is 23.1 Å². The van der Waals surface area contributed by atoms with Crippen LogP contribution in [0.25, 0.3) is 0 Å². The summed E-state index contributed by atoms with van der Waals surface area (Å²) in [5, 5.41) is 4.21. The average molecular weight is 333 g/mol. The zero-order valence-corrected chi connectivity index (χ0v) is 13.0. The molecule has 0 saturated carbocycles. The molecule has 0 unspecified atom stereocenters. The van der Waals surface area contributed by atoms with Gasteiger partial charge < -0.3 is 20.5 Å². The highest BCUT2D eigenvalue weighted by Gasteiger charge is 2.35. The van der Waals surface area contributed by atoms with Crippen molar-refractivity contribution in [3.05, 3.63) is 33.8 Å². The molecule has 116 valence electrons. The third-order valence-corrected chi connectivity index (χ3v) is 4.13. The van der Waals surface area contributed by atoms with Crippen LogP contribution >= 0.6 is 23.2 Å². The molecule has 7 heteroatoms. The van der Waals surface area contributed by atoms with Crippen LogP contribution in [0.2, 0.25) is 10.0 Å². The lowest BCUT2D eigenvalue weighted by molar-refractivity contribution is -0.130. The van der Waals surface area contributed by atoms with E-state index >= 15 is 0 Å². The highest BCUT2D eigenvalue weighted by atomic mass is 35.5. The molecule has 1 aliphatic rings. The maximum absolute atomic E-state index is 10.9. The van der Waals surface area contributed by atoms with E-state index in [1.54, 1.807) is 12.1 Å². The van der Waals surface area contributed by atoms with Crippen molar-refractivity contribution in [2.75, 3.05) is 32.9 Å². The number of ether oxygens (including phenoxy) is 2. The first kappa shape index (κ1) is 16.5. The van der Waals surface area contributed by atoms with Gasteiger partial charge in [-0.25, -0.2) is 0 Å². The molecule has 1 aromatic carbocycles. The van der Waals surface area contributed by atoms with Crippen molar-refractivity contribution < 1.29 is 14.3 Å². The van der Waals surface area contributed by atoms with Crippen LogP contribution in [0.5, 0.6) is 0 Å². The number of nitrogens with two attached hydrogens (primary N) is 1. The SMILES string of the molecule is NC(=O)COC[C@]1(c2ccc(Cl)c(Cl)c2)CCNCCO1. The van der Waals surface area contributed by atoms with Gasteiger partial charge in [0.25, 0.3) is 0 Å². The van der Waals surface area contributed by atoms with Gasteiger partial charge in [-0.15, -0.1) is 0 Å². The summed E-state index contributed by atoms with van der Waals surface area (Å²) in [6.45, 7) is 2.18. The Balaban J connectivity index is 2.24. The summed E-state index contributed by atoms with van der Waals surface area (Å²) in [5.74, 6) is -0.508. The van der Waals surface area contributed by atoms with Crippen molar-refractivity contribution in [1.29, 1.82) is 0 Å². The molecule has 3 N–H and O–H groups in total. The maximum Gasteiger partial charge on any atom is 0.243 e. The van der Waals surface area contributed by atoms with Gasteiger partial charge in [0, 0.05) is 6.54 Å². The Labute approximate surface area is 133 Å². The van der Waals surface area contributed by atoms with Gasteiger partial charge in [0.2, 0.25) is 5.91 Å². The molecule has 0 aromatic heterocycles. The number of primary amides is 1. The van der Waals surface area contributed by atoms with E-state index in [2.05, 4.69) is 5.32 Å². The van der Waals surface area contributed by atoms with Crippen LogP contribution in [0.4, 0.5) is 0 Å². The standard InChI is InChI=1S/C14H18Cl2N2O3/c15-11-2-1-10(7-12(11)16)14(9-20-8-13(17)19)3-4-18-5-6-21-14/h1-2,7,18H,3-6,8-9H2,(H2,17,19)/t14-/m0/s1. The van der Waals surface area contributed by atoms with Gasteiger partial charge in [0.15, 0.2) is 0 Å². The molecule has 1 aliphatic heterocycles. The Morgan fingerprint density at radius 2 is 2.19 bits per heavy atom. The Bertz CT molecular complexity index is 503. The number of hydrogen-bond acceptors (Lipinski definition) is 4. The highest BCUT2D eigenvalue weighted by Crippen LogP contribution is 2.34. The fraction of sp³-hybridized carbons (Fsp3) is 0.500. The average Bonchev–Trinajstić information content (AvgIpc) is 2.68. The van der Waals surface area contributed by atoms with Crippen LogP contribution < -0.4 is 11.1 Å². The van der Waals surface area contributed by atoms with E-state index < -0.39 is 11.5 Å². The molecule has 1 saturated heterocycles. The summed E-state index contributed by atoms with van der Waals surface area (Å²) >= 11 is 12.1. The quantitative estimate of drug-likeness (QED) is 0.860. The van der Waals surface area contributed by atoms with Gasteiger partial charge in [-0.3, -0.25) is 4.79 Å². The predicted molar refractivity (Wildman–Crippen MR) is 81.6 cm³/mol. The van der Waals surface area contributed by atoms with Gasteiger partial charge in [0.1, 0.15) is 12.2 Å². The van der Waals surface area contributed by atoms with Gasteiger partial charge in [-0.1, -0.05) is 29.3 Å². The summed E-state index contributed by atoms with van der Waals surface area (Å²) in [4.78, 5) is 10.9. The number of nitrogens with one attached hydrogen (secondary N) is 1. The minimum atomic E-state index is -0.660. The summed E-state index contributed by atoms with van der Waals surface area (Å²) in [7, 11) is 0. The first-order chi connectivity index (χ1) is 10.0. The zero-order chi connectivity index (χ0) is 15.3. The van der Waals surface area contributed by atoms with E-state index in [0.717, 1.165) is 18.7 Å². The second-order valence-corrected chi connectivity index (χ2v) is 5.75. The Hall–Kier alpha value is -0.850. The molecule has 1 atom stereocenters. The summed E-state index contributed by atoms with van der Waals surface area (Å²) in [6, 6.07) is 5.38. The van der Waals surface area contributed by atoms with Gasteiger partial charge in [-0.2, -0.15) is 0 Å². The van der Waals surface area contributed by atoms with Gasteiger partial charge >= 0.3 is 0 Å². The second-order valence-electron chi connectivity index (χ2n) is 4.93. The maximum atomic E-state index is 10.9. The Kier molecular flexibility index (Phi) is 5.84. The van der Waals surface area contributed by atoms with E-state index in [9.17, 15) is 4.79 Å². The second kappa shape index (κ2) is 7.42. The number of amides is 1. The number of benzene rings is 1. The smallest absolute Gasteiger partial charge is 0.243 e. The van der Waals surface area contributed by atoms with Gasteiger partial charge in [-0.05, 0) is 30.7 Å². The number of carbonyl (C=O) groups excluding carboxylic acids is 1. The Morgan fingerprint density at radius 1 is 1.38 bits per heavy atom. The molecule has 0 bridgehead atoms. The molecular weight excluding hydrogens is 315 g/mol. The molecule has 2 rings (SSSR count). The fourth-order valence-electron chi connectivity index (χ4n) is 2.33. The monoisotopic (exact) mass is 332 g/mol. The fourth-order valence-corrected chi connectivity index (χ4v) is 2.62. The number of hydrogen-bond donors (Lipinski definition) is 2. The molecule has 1 fully saturated rings. The van der Waals surface area contributed by atoms with E-state index in [1.165, 1.54) is 0 Å². The molecule has 1 aromatic rings. The predicted octanol–water partition coefficient (Wildman–Crippen LogP) is 1.70. The topological polar surface area (TPSA) is 73.6 Å². The van der Waals surface area contributed by atoms with E-state index in [-0.39, 0.29) is 13.2 Å². The van der Waals surface area contributed by atoms with Crippen molar-refractivity contribution in [1.82, 2.24) is 5.32 Å². The highest BCUT2D eigenvalue weighted by molar-refractivity contribution is 6.42. The number of carbonyl (C=O) groups is 1. The third-order valence-electron chi connectivity index (χ3n) is 3.39. The molecule has 0 aliphatic carbocycles. The van der Waals surface area contributed by atoms with Crippen molar-refractivity contribution in [2.45, 2.75) is 12.0 Å². The van der Waals surface area contributed by atoms with Crippen LogP contribution in [0, 0.1) is 0 Å². The Morgan fingerprint density at radius 3 is 2.90 bits per heavy atom. The minimum absolute atomic E-state index is 0.139. The van der Waals surface area contributed by atoms with E-state index in [4.69, 9.17) is 38.4 Å². The molecule has 0 spiro atoms. The summed E-state index contributed by atoms with van der Waals surface area (Å²) in [6.07, 6.45) is 0.698. The lowest BCUT2D eigenvalue weighted by Crippen LogP contribution is -2.37. The first-order valence-corrected chi connectivity index (χ1v) is 7.45. The number of rotatable bonds is 5. The third kappa shape index (κ3) is 4.31. The molecular formula is C14H18Cl2N2O3. The van der Waals surface area contributed by atoms with Crippen molar-refractivity contribution in [3.8, 4) is 0 Å². The largest absolute Gasteiger partial charge is 0.368 e. The van der Waals surface area contributed by atoms with Crippen LogP contribution in [-0.4, -0.2) is 38.8 Å². The number of halogens is 2. The molecule has 1 amide bonds. The van der Waals surface area contributed by atoms with Crippen molar-refractivity contribution in [2.24, 2.45) is 5.73 Å². The van der Waals surface area contributed by atoms with Crippen molar-refractivity contribution >= 4 is 29.1 Å².